The second-order valence-electron chi connectivity index (χ2n) is 2.81. The zero-order chi connectivity index (χ0) is 7.56. The van der Waals surface area contributed by atoms with E-state index < -0.39 is 6.04 Å². The van der Waals surface area contributed by atoms with Crippen molar-refractivity contribution in [2.75, 3.05) is 6.61 Å². The van der Waals surface area contributed by atoms with Gasteiger partial charge >= 0.3 is 0 Å². The Labute approximate surface area is 60.5 Å². The van der Waals surface area contributed by atoms with Gasteiger partial charge in [0.15, 0.2) is 0 Å². The van der Waals surface area contributed by atoms with Gasteiger partial charge in [-0.2, -0.15) is 0 Å². The highest BCUT2D eigenvalue weighted by molar-refractivity contribution is 5.58. The van der Waals surface area contributed by atoms with Gasteiger partial charge in [-0.1, -0.05) is 6.92 Å². The molecule has 0 amide bonds. The van der Waals surface area contributed by atoms with Gasteiger partial charge in [0.2, 0.25) is 0 Å². The summed E-state index contributed by atoms with van der Waals surface area (Å²) >= 11 is 0. The maximum Gasteiger partial charge on any atom is 0.139 e. The van der Waals surface area contributed by atoms with E-state index in [1.54, 1.807) is 0 Å². The number of nitrogens with two attached hydrogens (primary N) is 1. The molecule has 0 aliphatic carbocycles. The summed E-state index contributed by atoms with van der Waals surface area (Å²) in [4.78, 5) is 10.2. The summed E-state index contributed by atoms with van der Waals surface area (Å²) in [7, 11) is 0. The molecule has 1 rings (SSSR count). The van der Waals surface area contributed by atoms with Crippen LogP contribution >= 0.6 is 0 Å². The zero-order valence-electron chi connectivity index (χ0n) is 6.12. The minimum absolute atomic E-state index is 0.0440. The van der Waals surface area contributed by atoms with Crippen molar-refractivity contribution in [3.8, 4) is 0 Å². The predicted octanol–water partition coefficient (Wildman–Crippen LogP) is -0.0624. The summed E-state index contributed by atoms with van der Waals surface area (Å²) in [5.74, 6) is 0.431. The molecule has 2 N–H and O–H groups in total. The van der Waals surface area contributed by atoms with E-state index in [1.807, 2.05) is 0 Å². The largest absolute Gasteiger partial charge is 0.376 e. The Balaban J connectivity index is 2.46. The Kier molecular flexibility index (Phi) is 2.40. The van der Waals surface area contributed by atoms with Crippen molar-refractivity contribution in [2.45, 2.75) is 25.5 Å². The van der Waals surface area contributed by atoms with Gasteiger partial charge in [0.1, 0.15) is 6.29 Å². The molecule has 58 valence electrons. The molecule has 1 fully saturated rings. The van der Waals surface area contributed by atoms with E-state index in [1.165, 1.54) is 0 Å². The predicted molar refractivity (Wildman–Crippen MR) is 37.6 cm³/mol. The lowest BCUT2D eigenvalue weighted by Crippen LogP contribution is -2.38. The first-order chi connectivity index (χ1) is 4.75. The topological polar surface area (TPSA) is 52.3 Å². The van der Waals surface area contributed by atoms with Gasteiger partial charge in [0, 0.05) is 6.61 Å². The number of hydrogen-bond donors (Lipinski definition) is 1. The molecule has 0 radical (unpaired) electrons. The maximum absolute atomic E-state index is 10.2. The van der Waals surface area contributed by atoms with Gasteiger partial charge in [0.25, 0.3) is 0 Å². The van der Waals surface area contributed by atoms with E-state index in [9.17, 15) is 4.79 Å². The van der Waals surface area contributed by atoms with E-state index in [-0.39, 0.29) is 6.10 Å². The molecular formula is C7H13NO2. The van der Waals surface area contributed by atoms with Gasteiger partial charge < -0.3 is 15.3 Å². The molecule has 0 bridgehead atoms. The normalized spacial score (nSPS) is 35.8. The lowest BCUT2D eigenvalue weighted by atomic mass is 9.99. The Hall–Kier alpha value is -0.410. The van der Waals surface area contributed by atoms with Gasteiger partial charge in [-0.25, -0.2) is 0 Å². The fourth-order valence-corrected chi connectivity index (χ4v) is 1.29. The van der Waals surface area contributed by atoms with Crippen molar-refractivity contribution >= 4 is 6.29 Å². The van der Waals surface area contributed by atoms with E-state index in [0.717, 1.165) is 19.3 Å². The molecule has 1 aliphatic rings. The molecule has 0 spiro atoms. The van der Waals surface area contributed by atoms with Crippen molar-refractivity contribution in [2.24, 2.45) is 11.7 Å². The third-order valence-electron chi connectivity index (χ3n) is 1.98. The Bertz CT molecular complexity index is 127. The Morgan fingerprint density at radius 1 is 1.80 bits per heavy atom. The lowest BCUT2D eigenvalue weighted by molar-refractivity contribution is -0.111. The van der Waals surface area contributed by atoms with Crippen LogP contribution < -0.4 is 5.73 Å². The minimum Gasteiger partial charge on any atom is -0.376 e. The first-order valence-electron chi connectivity index (χ1n) is 3.58. The number of aldehydes is 1. The zero-order valence-corrected chi connectivity index (χ0v) is 6.12. The average molecular weight is 143 g/mol. The van der Waals surface area contributed by atoms with Gasteiger partial charge in [-0.05, 0) is 12.3 Å². The summed E-state index contributed by atoms with van der Waals surface area (Å²) in [6.07, 6.45) is 1.73. The number of ether oxygens (including phenoxy) is 1. The van der Waals surface area contributed by atoms with Crippen molar-refractivity contribution in [1.29, 1.82) is 0 Å². The van der Waals surface area contributed by atoms with E-state index in [0.29, 0.717) is 5.92 Å². The minimum atomic E-state index is -0.433. The van der Waals surface area contributed by atoms with Crippen LogP contribution in [-0.4, -0.2) is 25.0 Å². The van der Waals surface area contributed by atoms with Crippen molar-refractivity contribution in [3.05, 3.63) is 0 Å². The summed E-state index contributed by atoms with van der Waals surface area (Å²) in [5, 5.41) is 0. The molecule has 2 unspecified atom stereocenters. The van der Waals surface area contributed by atoms with Crippen LogP contribution in [0, 0.1) is 5.92 Å². The maximum atomic E-state index is 10.2. The van der Waals surface area contributed by atoms with Crippen molar-refractivity contribution in [3.63, 3.8) is 0 Å². The van der Waals surface area contributed by atoms with Gasteiger partial charge in [-0.15, -0.1) is 0 Å². The highest BCUT2D eigenvalue weighted by Crippen LogP contribution is 2.20. The average Bonchev–Trinajstić information content (AvgIpc) is 2.34. The third kappa shape index (κ3) is 1.36. The van der Waals surface area contributed by atoms with Crippen LogP contribution in [0.2, 0.25) is 0 Å². The molecule has 3 nitrogen and oxygen atoms in total. The first kappa shape index (κ1) is 7.69. The van der Waals surface area contributed by atoms with Crippen LogP contribution in [0.3, 0.4) is 0 Å². The van der Waals surface area contributed by atoms with E-state index in [4.69, 9.17) is 10.5 Å². The Morgan fingerprint density at radius 3 is 2.90 bits per heavy atom. The standard InChI is InChI=1S/C7H13NO2/c1-5-2-3-10-7(5)6(8)4-9/h4-7H,2-3,8H2,1H3/t5-,6?,7?/m1/s1. The smallest absolute Gasteiger partial charge is 0.139 e. The van der Waals surface area contributed by atoms with Crippen molar-refractivity contribution in [1.82, 2.24) is 0 Å². The molecule has 3 atom stereocenters. The van der Waals surface area contributed by atoms with Crippen LogP contribution in [0.15, 0.2) is 0 Å². The lowest BCUT2D eigenvalue weighted by Gasteiger charge is -2.16. The monoisotopic (exact) mass is 143 g/mol. The second-order valence-corrected chi connectivity index (χ2v) is 2.81. The fraction of sp³-hybridized carbons (Fsp3) is 0.857. The molecule has 0 aromatic heterocycles. The summed E-state index contributed by atoms with van der Waals surface area (Å²) in [6, 6.07) is -0.433. The molecule has 0 saturated carbocycles. The fourth-order valence-electron chi connectivity index (χ4n) is 1.29. The molecule has 0 aromatic rings. The molecule has 1 saturated heterocycles. The summed E-state index contributed by atoms with van der Waals surface area (Å²) < 4.78 is 5.26. The Morgan fingerprint density at radius 2 is 2.50 bits per heavy atom. The van der Waals surface area contributed by atoms with E-state index in [2.05, 4.69) is 6.92 Å². The number of carbonyl (C=O) groups excluding carboxylic acids is 1. The van der Waals surface area contributed by atoms with Crippen molar-refractivity contribution < 1.29 is 9.53 Å². The highest BCUT2D eigenvalue weighted by atomic mass is 16.5. The number of hydrogen-bond acceptors (Lipinski definition) is 3. The molecule has 0 aromatic carbocycles. The molecule has 10 heavy (non-hydrogen) atoms. The third-order valence-corrected chi connectivity index (χ3v) is 1.98. The molecular weight excluding hydrogens is 130 g/mol. The quantitative estimate of drug-likeness (QED) is 0.551. The van der Waals surface area contributed by atoms with Crippen LogP contribution in [0.5, 0.6) is 0 Å². The number of carbonyl (C=O) groups is 1. The van der Waals surface area contributed by atoms with Crippen LogP contribution in [0.25, 0.3) is 0 Å². The second kappa shape index (κ2) is 3.12. The van der Waals surface area contributed by atoms with E-state index >= 15 is 0 Å². The summed E-state index contributed by atoms with van der Waals surface area (Å²) in [5.41, 5.74) is 5.48. The molecule has 1 aliphatic heterocycles. The first-order valence-corrected chi connectivity index (χ1v) is 3.58. The van der Waals surface area contributed by atoms with Gasteiger partial charge in [0.05, 0.1) is 12.1 Å². The van der Waals surface area contributed by atoms with Crippen LogP contribution in [0.1, 0.15) is 13.3 Å². The highest BCUT2D eigenvalue weighted by Gasteiger charge is 2.29. The molecule has 1 heterocycles. The molecule has 3 heteroatoms. The van der Waals surface area contributed by atoms with Gasteiger partial charge in [-0.3, -0.25) is 0 Å². The van der Waals surface area contributed by atoms with Crippen LogP contribution in [-0.2, 0) is 9.53 Å². The number of rotatable bonds is 2. The van der Waals surface area contributed by atoms with Crippen LogP contribution in [0.4, 0.5) is 0 Å². The SMILES string of the molecule is C[C@@H]1CCOC1C(N)C=O. The summed E-state index contributed by atoms with van der Waals surface area (Å²) in [6.45, 7) is 2.80.